The zero-order valence-electron chi connectivity index (χ0n) is 13.2. The SMILES string of the molecule is C#CCOc1cccc(-c2noc(-c3nc4nccc(C)n4n3)n2)c1. The first-order valence-corrected chi connectivity index (χ1v) is 7.44. The van der Waals surface area contributed by atoms with Gasteiger partial charge in [0.15, 0.2) is 0 Å². The molecule has 4 aromatic rings. The van der Waals surface area contributed by atoms with E-state index in [9.17, 15) is 0 Å². The van der Waals surface area contributed by atoms with Gasteiger partial charge in [-0.25, -0.2) is 9.50 Å². The molecule has 122 valence electrons. The number of fused-ring (bicyclic) bond motifs is 1. The van der Waals surface area contributed by atoms with Gasteiger partial charge in [0, 0.05) is 17.5 Å². The maximum Gasteiger partial charge on any atom is 0.297 e. The molecule has 0 aliphatic rings. The predicted octanol–water partition coefficient (Wildman–Crippen LogP) is 2.16. The summed E-state index contributed by atoms with van der Waals surface area (Å²) in [4.78, 5) is 12.8. The first-order chi connectivity index (χ1) is 12.2. The highest BCUT2D eigenvalue weighted by Crippen LogP contribution is 2.24. The summed E-state index contributed by atoms with van der Waals surface area (Å²) in [5, 5.41) is 8.33. The lowest BCUT2D eigenvalue weighted by Gasteiger charge is -2.02. The van der Waals surface area contributed by atoms with E-state index in [0.717, 1.165) is 11.3 Å². The van der Waals surface area contributed by atoms with Gasteiger partial charge in [0.1, 0.15) is 12.4 Å². The Morgan fingerprint density at radius 2 is 2.16 bits per heavy atom. The minimum atomic E-state index is 0.193. The fourth-order valence-corrected chi connectivity index (χ4v) is 2.28. The Morgan fingerprint density at radius 3 is 3.00 bits per heavy atom. The van der Waals surface area contributed by atoms with Crippen molar-refractivity contribution in [3.8, 4) is 41.2 Å². The average molecular weight is 332 g/mol. The number of terminal acetylenes is 1. The van der Waals surface area contributed by atoms with Crippen LogP contribution in [0.3, 0.4) is 0 Å². The van der Waals surface area contributed by atoms with Gasteiger partial charge in [0.2, 0.25) is 11.6 Å². The minimum Gasteiger partial charge on any atom is -0.481 e. The molecule has 0 bridgehead atoms. The molecule has 4 rings (SSSR count). The zero-order valence-corrected chi connectivity index (χ0v) is 13.2. The van der Waals surface area contributed by atoms with Crippen molar-refractivity contribution in [3.05, 3.63) is 42.2 Å². The van der Waals surface area contributed by atoms with Gasteiger partial charge in [0.25, 0.3) is 11.7 Å². The third-order valence-corrected chi connectivity index (χ3v) is 3.46. The fourth-order valence-electron chi connectivity index (χ4n) is 2.28. The number of hydrogen-bond acceptors (Lipinski definition) is 7. The van der Waals surface area contributed by atoms with Gasteiger partial charge in [-0.3, -0.25) is 0 Å². The Bertz CT molecular complexity index is 1090. The summed E-state index contributed by atoms with van der Waals surface area (Å²) in [6, 6.07) is 9.11. The van der Waals surface area contributed by atoms with Crippen LogP contribution in [-0.2, 0) is 0 Å². The molecule has 0 radical (unpaired) electrons. The second-order valence-electron chi connectivity index (χ2n) is 5.18. The van der Waals surface area contributed by atoms with Crippen LogP contribution < -0.4 is 4.74 Å². The Labute approximate surface area is 142 Å². The molecule has 0 saturated heterocycles. The summed E-state index contributed by atoms with van der Waals surface area (Å²) in [5.74, 6) is 4.47. The molecular weight excluding hydrogens is 320 g/mol. The van der Waals surface area contributed by atoms with E-state index in [1.807, 2.05) is 25.1 Å². The normalized spacial score (nSPS) is 10.7. The van der Waals surface area contributed by atoms with Gasteiger partial charge in [-0.05, 0) is 25.1 Å². The minimum absolute atomic E-state index is 0.193. The lowest BCUT2D eigenvalue weighted by molar-refractivity contribution is 0.370. The Balaban J connectivity index is 1.68. The molecule has 8 heteroatoms. The highest BCUT2D eigenvalue weighted by molar-refractivity contribution is 5.59. The number of ether oxygens (including phenoxy) is 1. The van der Waals surface area contributed by atoms with Crippen molar-refractivity contribution < 1.29 is 9.26 Å². The molecule has 0 N–H and O–H groups in total. The van der Waals surface area contributed by atoms with Crippen molar-refractivity contribution in [3.63, 3.8) is 0 Å². The zero-order chi connectivity index (χ0) is 17.2. The topological polar surface area (TPSA) is 91.2 Å². The Kier molecular flexibility index (Phi) is 3.59. The molecule has 3 heterocycles. The lowest BCUT2D eigenvalue weighted by atomic mass is 10.2. The molecule has 0 saturated carbocycles. The van der Waals surface area contributed by atoms with Crippen molar-refractivity contribution >= 4 is 5.78 Å². The second-order valence-corrected chi connectivity index (χ2v) is 5.18. The highest BCUT2D eigenvalue weighted by Gasteiger charge is 2.16. The number of benzene rings is 1. The predicted molar refractivity (Wildman–Crippen MR) is 88.6 cm³/mol. The molecule has 0 spiro atoms. The molecule has 25 heavy (non-hydrogen) atoms. The smallest absolute Gasteiger partial charge is 0.297 e. The molecule has 0 atom stereocenters. The van der Waals surface area contributed by atoms with Crippen LogP contribution in [-0.4, -0.2) is 36.3 Å². The molecule has 0 fully saturated rings. The Morgan fingerprint density at radius 1 is 1.24 bits per heavy atom. The van der Waals surface area contributed by atoms with Gasteiger partial charge >= 0.3 is 0 Å². The Hall–Kier alpha value is -3.73. The van der Waals surface area contributed by atoms with Gasteiger partial charge in [-0.2, -0.15) is 9.97 Å². The molecule has 0 aliphatic heterocycles. The molecule has 0 aliphatic carbocycles. The van der Waals surface area contributed by atoms with Crippen LogP contribution >= 0.6 is 0 Å². The maximum atomic E-state index is 5.40. The van der Waals surface area contributed by atoms with Crippen LogP contribution in [0.2, 0.25) is 0 Å². The van der Waals surface area contributed by atoms with Crippen molar-refractivity contribution in [2.75, 3.05) is 6.61 Å². The summed E-state index contributed by atoms with van der Waals surface area (Å²) < 4.78 is 12.3. The van der Waals surface area contributed by atoms with E-state index in [4.69, 9.17) is 15.7 Å². The van der Waals surface area contributed by atoms with Crippen LogP contribution in [0, 0.1) is 19.3 Å². The van der Waals surface area contributed by atoms with Gasteiger partial charge < -0.3 is 9.26 Å². The summed E-state index contributed by atoms with van der Waals surface area (Å²) in [6.07, 6.45) is 6.87. The van der Waals surface area contributed by atoms with E-state index in [1.165, 1.54) is 0 Å². The van der Waals surface area contributed by atoms with Crippen LogP contribution in [0.15, 0.2) is 41.1 Å². The first kappa shape index (κ1) is 14.8. The number of rotatable bonds is 4. The molecule has 3 aromatic heterocycles. The van der Waals surface area contributed by atoms with Crippen LogP contribution in [0.4, 0.5) is 0 Å². The van der Waals surface area contributed by atoms with Crippen molar-refractivity contribution in [1.82, 2.24) is 29.7 Å². The third-order valence-electron chi connectivity index (χ3n) is 3.46. The quantitative estimate of drug-likeness (QED) is 0.529. The number of aryl methyl sites for hydroxylation is 1. The fraction of sp³-hybridized carbons (Fsp3) is 0.118. The standard InChI is InChI=1S/C17H12N6O2/c1-3-9-24-13-6-4-5-12(10-13)14-19-16(25-22-14)15-20-17-18-8-7-11(2)23(17)21-15/h1,4-8,10H,9H2,2H3. The van der Waals surface area contributed by atoms with Crippen LogP contribution in [0.1, 0.15) is 5.69 Å². The second kappa shape index (κ2) is 6.05. The van der Waals surface area contributed by atoms with Crippen molar-refractivity contribution in [2.45, 2.75) is 6.92 Å². The van der Waals surface area contributed by atoms with E-state index in [1.54, 1.807) is 22.8 Å². The van der Waals surface area contributed by atoms with Crippen molar-refractivity contribution in [2.24, 2.45) is 0 Å². The van der Waals surface area contributed by atoms with E-state index in [0.29, 0.717) is 23.2 Å². The molecule has 8 nitrogen and oxygen atoms in total. The highest BCUT2D eigenvalue weighted by atomic mass is 16.5. The van der Waals surface area contributed by atoms with Gasteiger partial charge in [-0.1, -0.05) is 23.2 Å². The van der Waals surface area contributed by atoms with Crippen LogP contribution in [0.25, 0.3) is 28.9 Å². The van der Waals surface area contributed by atoms with E-state index in [2.05, 4.69) is 31.1 Å². The monoisotopic (exact) mass is 332 g/mol. The molecule has 0 amide bonds. The number of nitrogens with zero attached hydrogens (tertiary/aromatic N) is 6. The largest absolute Gasteiger partial charge is 0.481 e. The summed E-state index contributed by atoms with van der Waals surface area (Å²) >= 11 is 0. The summed E-state index contributed by atoms with van der Waals surface area (Å²) in [6.45, 7) is 2.10. The molecule has 1 aromatic carbocycles. The van der Waals surface area contributed by atoms with E-state index < -0.39 is 0 Å². The lowest BCUT2D eigenvalue weighted by Crippen LogP contribution is -1.94. The third kappa shape index (κ3) is 2.79. The number of hydrogen-bond donors (Lipinski definition) is 0. The first-order valence-electron chi connectivity index (χ1n) is 7.44. The van der Waals surface area contributed by atoms with Gasteiger partial charge in [0.05, 0.1) is 0 Å². The summed E-state index contributed by atoms with van der Waals surface area (Å²) in [5.41, 5.74) is 1.64. The maximum absolute atomic E-state index is 5.40. The average Bonchev–Trinajstić information content (AvgIpc) is 3.28. The van der Waals surface area contributed by atoms with E-state index in [-0.39, 0.29) is 12.5 Å². The van der Waals surface area contributed by atoms with Crippen molar-refractivity contribution in [1.29, 1.82) is 0 Å². The molecular formula is C17H12N6O2. The summed E-state index contributed by atoms with van der Waals surface area (Å²) in [7, 11) is 0. The number of aromatic nitrogens is 6. The van der Waals surface area contributed by atoms with Crippen LogP contribution in [0.5, 0.6) is 5.75 Å². The van der Waals surface area contributed by atoms with Gasteiger partial charge in [-0.15, -0.1) is 11.5 Å². The van der Waals surface area contributed by atoms with E-state index >= 15 is 0 Å². The molecule has 0 unspecified atom stereocenters.